The molecule has 0 saturated carbocycles. The molecule has 2 saturated heterocycles. The van der Waals surface area contributed by atoms with Crippen LogP contribution in [-0.4, -0.2) is 48.4 Å². The second-order valence-electron chi connectivity index (χ2n) is 7.34. The van der Waals surface area contributed by atoms with Gasteiger partial charge in [0, 0.05) is 25.8 Å². The van der Waals surface area contributed by atoms with Crippen LogP contribution in [0.3, 0.4) is 0 Å². The molecular formula is C19H24O7. The quantitative estimate of drug-likeness (QED) is 0.248. The van der Waals surface area contributed by atoms with Crippen molar-refractivity contribution in [3.05, 3.63) is 23.8 Å². The highest BCUT2D eigenvalue weighted by Gasteiger charge is 2.57. The molecule has 2 heterocycles. The van der Waals surface area contributed by atoms with E-state index in [1.54, 1.807) is 6.08 Å². The van der Waals surface area contributed by atoms with Crippen LogP contribution in [0.4, 0.5) is 0 Å². The number of carbonyl (C=O) groups excluding carboxylic acids is 3. The Bertz CT molecular complexity index is 679. The van der Waals surface area contributed by atoms with Gasteiger partial charge in [0.2, 0.25) is 0 Å². The molecule has 0 aromatic heterocycles. The Morgan fingerprint density at radius 2 is 2.08 bits per heavy atom. The molecule has 3 rings (SSSR count). The maximum Gasteiger partial charge on any atom is 0.334 e. The highest BCUT2D eigenvalue weighted by Crippen LogP contribution is 2.48. The predicted molar refractivity (Wildman–Crippen MR) is 89.9 cm³/mol. The summed E-state index contributed by atoms with van der Waals surface area (Å²) in [6, 6.07) is 0. The topological polar surface area (TPSA) is 91.4 Å². The summed E-state index contributed by atoms with van der Waals surface area (Å²) in [6.07, 6.45) is 2.56. The van der Waals surface area contributed by atoms with Crippen molar-refractivity contribution in [2.45, 2.75) is 63.9 Å². The van der Waals surface area contributed by atoms with Crippen LogP contribution in [0.15, 0.2) is 23.8 Å². The zero-order valence-corrected chi connectivity index (χ0v) is 15.3. The summed E-state index contributed by atoms with van der Waals surface area (Å²) in [4.78, 5) is 34.9. The standard InChI is InChI=1S/C19H24O7/c1-10-17-14(24-12(3)21)7-13(9-23-11(2)20)5-6-16-19(4,26-16)8-15(17)25-18(10)22/h7,14-17H,1,5-6,8-9H2,2-4H3/b13-7-/t14-,15+,16+,17+,19+/m1/s1. The lowest BCUT2D eigenvalue weighted by molar-refractivity contribution is -0.147. The second-order valence-corrected chi connectivity index (χ2v) is 7.34. The van der Waals surface area contributed by atoms with Gasteiger partial charge in [0.15, 0.2) is 0 Å². The van der Waals surface area contributed by atoms with E-state index in [0.29, 0.717) is 12.8 Å². The zero-order chi connectivity index (χ0) is 19.1. The number of fused-ring (bicyclic) bond motifs is 2. The summed E-state index contributed by atoms with van der Waals surface area (Å²) < 4.78 is 21.9. The number of hydrogen-bond acceptors (Lipinski definition) is 7. The average molecular weight is 364 g/mol. The van der Waals surface area contributed by atoms with Crippen molar-refractivity contribution in [3.63, 3.8) is 0 Å². The van der Waals surface area contributed by atoms with Crippen LogP contribution in [0.25, 0.3) is 0 Å². The summed E-state index contributed by atoms with van der Waals surface area (Å²) >= 11 is 0. The Kier molecular flexibility index (Phi) is 4.92. The molecule has 2 fully saturated rings. The number of ether oxygens (including phenoxy) is 4. The molecule has 5 atom stereocenters. The van der Waals surface area contributed by atoms with Crippen LogP contribution in [0.2, 0.25) is 0 Å². The molecule has 0 spiro atoms. The van der Waals surface area contributed by atoms with E-state index in [1.165, 1.54) is 13.8 Å². The van der Waals surface area contributed by atoms with E-state index < -0.39 is 30.1 Å². The molecule has 7 nitrogen and oxygen atoms in total. The summed E-state index contributed by atoms with van der Waals surface area (Å²) in [5, 5.41) is 0. The lowest BCUT2D eigenvalue weighted by Gasteiger charge is -2.27. The maximum absolute atomic E-state index is 12.1. The van der Waals surface area contributed by atoms with Crippen LogP contribution in [0.5, 0.6) is 0 Å². The van der Waals surface area contributed by atoms with Gasteiger partial charge in [-0.3, -0.25) is 9.59 Å². The van der Waals surface area contributed by atoms with Crippen LogP contribution in [-0.2, 0) is 33.3 Å². The minimum atomic E-state index is -0.707. The first kappa shape index (κ1) is 18.6. The van der Waals surface area contributed by atoms with Gasteiger partial charge < -0.3 is 18.9 Å². The second kappa shape index (κ2) is 6.87. The van der Waals surface area contributed by atoms with Crippen LogP contribution < -0.4 is 0 Å². The highest BCUT2D eigenvalue weighted by molar-refractivity contribution is 5.91. The molecule has 3 aliphatic rings. The largest absolute Gasteiger partial charge is 0.461 e. The number of epoxide rings is 1. The van der Waals surface area contributed by atoms with Crippen molar-refractivity contribution in [3.8, 4) is 0 Å². The van der Waals surface area contributed by atoms with Crippen molar-refractivity contribution in [1.82, 2.24) is 0 Å². The Hall–Kier alpha value is -2.15. The lowest BCUT2D eigenvalue weighted by Crippen LogP contribution is -2.35. The van der Waals surface area contributed by atoms with Crippen molar-refractivity contribution >= 4 is 17.9 Å². The summed E-state index contributed by atoms with van der Waals surface area (Å²) in [5.41, 5.74) is 0.723. The first-order valence-corrected chi connectivity index (χ1v) is 8.77. The number of esters is 3. The van der Waals surface area contributed by atoms with E-state index >= 15 is 0 Å². The van der Waals surface area contributed by atoms with Gasteiger partial charge in [-0.05, 0) is 31.4 Å². The molecule has 26 heavy (non-hydrogen) atoms. The van der Waals surface area contributed by atoms with Crippen molar-refractivity contribution in [1.29, 1.82) is 0 Å². The van der Waals surface area contributed by atoms with Crippen molar-refractivity contribution in [2.24, 2.45) is 5.92 Å². The third-order valence-corrected chi connectivity index (χ3v) is 5.21. The Balaban J connectivity index is 1.94. The third kappa shape index (κ3) is 3.82. The summed E-state index contributed by atoms with van der Waals surface area (Å²) in [6.45, 7) is 8.59. The fourth-order valence-corrected chi connectivity index (χ4v) is 3.81. The monoisotopic (exact) mass is 364 g/mol. The Morgan fingerprint density at radius 3 is 2.73 bits per heavy atom. The first-order valence-electron chi connectivity index (χ1n) is 8.77. The minimum absolute atomic E-state index is 0.0571. The molecule has 0 unspecified atom stereocenters. The van der Waals surface area contributed by atoms with E-state index in [-0.39, 0.29) is 29.9 Å². The van der Waals surface area contributed by atoms with Gasteiger partial charge in [0.1, 0.15) is 18.8 Å². The molecule has 0 bridgehead atoms. The summed E-state index contributed by atoms with van der Waals surface area (Å²) in [5.74, 6) is -1.82. The van der Waals surface area contributed by atoms with E-state index in [0.717, 1.165) is 12.0 Å². The van der Waals surface area contributed by atoms with Gasteiger partial charge in [0.05, 0.1) is 17.6 Å². The van der Waals surface area contributed by atoms with E-state index in [4.69, 9.17) is 18.9 Å². The van der Waals surface area contributed by atoms with Crippen molar-refractivity contribution < 1.29 is 33.3 Å². The molecule has 0 aromatic rings. The van der Waals surface area contributed by atoms with E-state index in [2.05, 4.69) is 6.58 Å². The fourth-order valence-electron chi connectivity index (χ4n) is 3.81. The van der Waals surface area contributed by atoms with Gasteiger partial charge in [-0.1, -0.05) is 6.58 Å². The summed E-state index contributed by atoms with van der Waals surface area (Å²) in [7, 11) is 0. The van der Waals surface area contributed by atoms with Crippen LogP contribution >= 0.6 is 0 Å². The van der Waals surface area contributed by atoms with Gasteiger partial charge in [0.25, 0.3) is 0 Å². The maximum atomic E-state index is 12.1. The molecular weight excluding hydrogens is 340 g/mol. The zero-order valence-electron chi connectivity index (χ0n) is 15.3. The fraction of sp³-hybridized carbons (Fsp3) is 0.632. The molecule has 7 heteroatoms. The lowest BCUT2D eigenvalue weighted by atomic mass is 9.82. The smallest absolute Gasteiger partial charge is 0.334 e. The van der Waals surface area contributed by atoms with Crippen LogP contribution in [0.1, 0.15) is 40.0 Å². The number of carbonyl (C=O) groups is 3. The van der Waals surface area contributed by atoms with Gasteiger partial charge >= 0.3 is 17.9 Å². The van der Waals surface area contributed by atoms with Gasteiger partial charge in [-0.25, -0.2) is 4.79 Å². The molecule has 0 aromatic carbocycles. The third-order valence-electron chi connectivity index (χ3n) is 5.21. The molecule has 0 amide bonds. The number of hydrogen-bond donors (Lipinski definition) is 0. The SMILES string of the molecule is C=C1C(=O)O[C@H]2C[C@]3(C)O[C@H]3CC/C(COC(C)=O)=C/[C@@H](OC(C)=O)[C@H]12. The minimum Gasteiger partial charge on any atom is -0.461 e. The van der Waals surface area contributed by atoms with Gasteiger partial charge in [-0.15, -0.1) is 0 Å². The molecule has 0 radical (unpaired) electrons. The molecule has 1 aliphatic carbocycles. The van der Waals surface area contributed by atoms with E-state index in [1.807, 2.05) is 6.92 Å². The van der Waals surface area contributed by atoms with E-state index in [9.17, 15) is 14.4 Å². The molecule has 2 aliphatic heterocycles. The first-order chi connectivity index (χ1) is 12.2. The Morgan fingerprint density at radius 1 is 1.35 bits per heavy atom. The number of rotatable bonds is 3. The Labute approximate surface area is 152 Å². The average Bonchev–Trinajstić information content (AvgIpc) is 3.09. The highest BCUT2D eigenvalue weighted by atomic mass is 16.6. The van der Waals surface area contributed by atoms with Crippen LogP contribution in [0, 0.1) is 5.92 Å². The van der Waals surface area contributed by atoms with Gasteiger partial charge in [-0.2, -0.15) is 0 Å². The molecule has 0 N–H and O–H groups in total. The predicted octanol–water partition coefficient (Wildman–Crippen LogP) is 1.85. The van der Waals surface area contributed by atoms with Crippen molar-refractivity contribution in [2.75, 3.05) is 6.61 Å². The normalized spacial score (nSPS) is 38.2. The molecule has 142 valence electrons.